The summed E-state index contributed by atoms with van der Waals surface area (Å²) in [4.78, 5) is 30.5. The molecule has 2 bridgehead atoms. The van der Waals surface area contributed by atoms with Crippen LogP contribution >= 0.6 is 0 Å². The lowest BCUT2D eigenvalue weighted by molar-refractivity contribution is -0.147. The molecule has 1 amide bonds. The largest absolute Gasteiger partial charge is 0.481 e. The molecule has 0 spiro atoms. The molecule has 1 saturated carbocycles. The number of H-pyrrole nitrogens is 1. The Kier molecular flexibility index (Phi) is 3.30. The zero-order valence-corrected chi connectivity index (χ0v) is 11.0. The van der Waals surface area contributed by atoms with E-state index in [-0.39, 0.29) is 17.7 Å². The second-order valence-corrected chi connectivity index (χ2v) is 5.46. The molecule has 1 aromatic rings. The van der Waals surface area contributed by atoms with E-state index < -0.39 is 17.8 Å². The maximum Gasteiger partial charge on any atom is 0.307 e. The number of nitrogens with zero attached hydrogens (tertiary/aromatic N) is 1. The van der Waals surface area contributed by atoms with Crippen LogP contribution in [0.15, 0.2) is 24.7 Å². The monoisotopic (exact) mass is 275 g/mol. The van der Waals surface area contributed by atoms with Crippen LogP contribution in [-0.4, -0.2) is 33.5 Å². The second kappa shape index (κ2) is 5.11. The molecule has 0 saturated heterocycles. The Bertz CT molecular complexity index is 538. The van der Waals surface area contributed by atoms with Gasteiger partial charge in [0, 0.05) is 24.9 Å². The minimum atomic E-state index is -0.865. The maximum atomic E-state index is 12.2. The van der Waals surface area contributed by atoms with Crippen LogP contribution < -0.4 is 5.32 Å². The van der Waals surface area contributed by atoms with Crippen molar-refractivity contribution < 1.29 is 14.7 Å². The predicted molar refractivity (Wildman–Crippen MR) is 70.7 cm³/mol. The summed E-state index contributed by atoms with van der Waals surface area (Å²) in [5.41, 5.74) is 0.952. The van der Waals surface area contributed by atoms with Crippen molar-refractivity contribution in [1.29, 1.82) is 0 Å². The first-order chi connectivity index (χ1) is 9.66. The Morgan fingerprint density at radius 3 is 2.75 bits per heavy atom. The first-order valence-electron chi connectivity index (χ1n) is 6.83. The molecule has 6 nitrogen and oxygen atoms in total. The van der Waals surface area contributed by atoms with Crippen LogP contribution in [0.2, 0.25) is 0 Å². The minimum Gasteiger partial charge on any atom is -0.481 e. The van der Waals surface area contributed by atoms with Crippen molar-refractivity contribution in [2.24, 2.45) is 23.7 Å². The highest BCUT2D eigenvalue weighted by atomic mass is 16.4. The first kappa shape index (κ1) is 12.9. The fourth-order valence-electron chi connectivity index (χ4n) is 3.38. The lowest BCUT2D eigenvalue weighted by Crippen LogP contribution is -2.40. The van der Waals surface area contributed by atoms with E-state index in [0.717, 1.165) is 12.1 Å². The summed E-state index contributed by atoms with van der Waals surface area (Å²) in [6.07, 6.45) is 8.70. The lowest BCUT2D eigenvalue weighted by atomic mass is 9.82. The molecule has 1 aromatic heterocycles. The van der Waals surface area contributed by atoms with Crippen molar-refractivity contribution in [2.45, 2.75) is 12.8 Å². The van der Waals surface area contributed by atoms with E-state index in [1.54, 1.807) is 12.5 Å². The highest BCUT2D eigenvalue weighted by Gasteiger charge is 2.51. The molecule has 0 aromatic carbocycles. The third kappa shape index (κ3) is 2.21. The van der Waals surface area contributed by atoms with Gasteiger partial charge in [0.15, 0.2) is 0 Å². The number of carbonyl (C=O) groups is 2. The Morgan fingerprint density at radius 2 is 2.10 bits per heavy atom. The zero-order valence-electron chi connectivity index (χ0n) is 11.0. The molecule has 2 aliphatic carbocycles. The van der Waals surface area contributed by atoms with Gasteiger partial charge in [-0.05, 0) is 18.3 Å². The topological polar surface area (TPSA) is 95.1 Å². The van der Waals surface area contributed by atoms with Gasteiger partial charge in [-0.25, -0.2) is 4.98 Å². The highest BCUT2D eigenvalue weighted by molar-refractivity contribution is 5.86. The molecular weight excluding hydrogens is 258 g/mol. The van der Waals surface area contributed by atoms with E-state index in [4.69, 9.17) is 0 Å². The summed E-state index contributed by atoms with van der Waals surface area (Å²) in [6, 6.07) is 0. The summed E-state index contributed by atoms with van der Waals surface area (Å²) in [5, 5.41) is 12.2. The zero-order chi connectivity index (χ0) is 14.1. The lowest BCUT2D eigenvalue weighted by Gasteiger charge is -2.23. The van der Waals surface area contributed by atoms with E-state index in [2.05, 4.69) is 15.3 Å². The van der Waals surface area contributed by atoms with E-state index >= 15 is 0 Å². The number of nitrogens with one attached hydrogen (secondary N) is 2. The molecule has 6 heteroatoms. The van der Waals surface area contributed by atoms with E-state index in [9.17, 15) is 14.7 Å². The SMILES string of the molecule is O=C(O)C1C2C=CC(C2)C1C(=O)NCCc1cnc[nH]1. The van der Waals surface area contributed by atoms with Crippen molar-refractivity contribution in [3.05, 3.63) is 30.4 Å². The number of fused-ring (bicyclic) bond motifs is 2. The Labute approximate surface area is 116 Å². The maximum absolute atomic E-state index is 12.2. The van der Waals surface area contributed by atoms with Crippen molar-refractivity contribution in [1.82, 2.24) is 15.3 Å². The van der Waals surface area contributed by atoms with Gasteiger partial charge in [0.2, 0.25) is 5.91 Å². The van der Waals surface area contributed by atoms with E-state index in [0.29, 0.717) is 13.0 Å². The highest BCUT2D eigenvalue weighted by Crippen LogP contribution is 2.48. The van der Waals surface area contributed by atoms with Gasteiger partial charge in [-0.3, -0.25) is 9.59 Å². The smallest absolute Gasteiger partial charge is 0.307 e. The molecule has 106 valence electrons. The number of aromatic amines is 1. The number of aromatic nitrogens is 2. The van der Waals surface area contributed by atoms with Gasteiger partial charge >= 0.3 is 5.97 Å². The molecule has 3 rings (SSSR count). The standard InChI is InChI=1S/C14H17N3O3/c18-13(16-4-3-10-6-15-7-17-10)11-8-1-2-9(5-8)12(11)14(19)20/h1-2,6-9,11-12H,3-5H2,(H,15,17)(H,16,18)(H,19,20). The summed E-state index contributed by atoms with van der Waals surface area (Å²) in [6.45, 7) is 0.491. The molecule has 1 heterocycles. The molecular formula is C14H17N3O3. The van der Waals surface area contributed by atoms with Gasteiger partial charge in [-0.1, -0.05) is 12.2 Å². The number of hydrogen-bond acceptors (Lipinski definition) is 3. The average molecular weight is 275 g/mol. The van der Waals surface area contributed by atoms with Crippen LogP contribution in [0.3, 0.4) is 0 Å². The van der Waals surface area contributed by atoms with Crippen LogP contribution in [0, 0.1) is 23.7 Å². The van der Waals surface area contributed by atoms with Crippen molar-refractivity contribution in [3.8, 4) is 0 Å². The number of carboxylic acid groups (broad SMARTS) is 1. The molecule has 3 N–H and O–H groups in total. The summed E-state index contributed by atoms with van der Waals surface area (Å²) in [7, 11) is 0. The number of carbonyl (C=O) groups excluding carboxylic acids is 1. The molecule has 4 atom stereocenters. The summed E-state index contributed by atoms with van der Waals surface area (Å²) < 4.78 is 0. The number of amides is 1. The number of allylic oxidation sites excluding steroid dienone is 2. The Balaban J connectivity index is 1.59. The summed E-state index contributed by atoms with van der Waals surface area (Å²) in [5.74, 6) is -1.92. The second-order valence-electron chi connectivity index (χ2n) is 5.46. The number of carboxylic acids is 1. The fraction of sp³-hybridized carbons (Fsp3) is 0.500. The molecule has 0 radical (unpaired) electrons. The van der Waals surface area contributed by atoms with Crippen LogP contribution in [0.25, 0.3) is 0 Å². The molecule has 20 heavy (non-hydrogen) atoms. The van der Waals surface area contributed by atoms with Gasteiger partial charge in [0.05, 0.1) is 18.2 Å². The fourth-order valence-corrected chi connectivity index (χ4v) is 3.38. The number of rotatable bonds is 5. The average Bonchev–Trinajstić information content (AvgIpc) is 3.13. The van der Waals surface area contributed by atoms with Crippen LogP contribution in [0.1, 0.15) is 12.1 Å². The predicted octanol–water partition coefficient (Wildman–Crippen LogP) is 0.591. The Hall–Kier alpha value is -2.11. The van der Waals surface area contributed by atoms with E-state index in [1.807, 2.05) is 12.2 Å². The molecule has 2 aliphatic rings. The van der Waals surface area contributed by atoms with Gasteiger partial charge in [-0.2, -0.15) is 0 Å². The van der Waals surface area contributed by atoms with Gasteiger partial charge in [0.25, 0.3) is 0 Å². The van der Waals surface area contributed by atoms with Gasteiger partial charge < -0.3 is 15.4 Å². The van der Waals surface area contributed by atoms with Crippen molar-refractivity contribution in [3.63, 3.8) is 0 Å². The summed E-state index contributed by atoms with van der Waals surface area (Å²) >= 11 is 0. The third-order valence-electron chi connectivity index (χ3n) is 4.30. The number of imidazole rings is 1. The molecule has 0 aliphatic heterocycles. The van der Waals surface area contributed by atoms with Crippen molar-refractivity contribution >= 4 is 11.9 Å². The number of hydrogen-bond donors (Lipinski definition) is 3. The molecule has 4 unspecified atom stereocenters. The van der Waals surface area contributed by atoms with Crippen LogP contribution in [0.5, 0.6) is 0 Å². The van der Waals surface area contributed by atoms with E-state index in [1.165, 1.54) is 0 Å². The first-order valence-corrected chi connectivity index (χ1v) is 6.83. The van der Waals surface area contributed by atoms with Gasteiger partial charge in [-0.15, -0.1) is 0 Å². The Morgan fingerprint density at radius 1 is 1.35 bits per heavy atom. The quantitative estimate of drug-likeness (QED) is 0.685. The normalized spacial score (nSPS) is 30.6. The third-order valence-corrected chi connectivity index (χ3v) is 4.30. The number of aliphatic carboxylic acids is 1. The van der Waals surface area contributed by atoms with Crippen LogP contribution in [0.4, 0.5) is 0 Å². The minimum absolute atomic E-state index is 0.0147. The molecule has 1 fully saturated rings. The van der Waals surface area contributed by atoms with Crippen molar-refractivity contribution in [2.75, 3.05) is 6.54 Å². The van der Waals surface area contributed by atoms with Gasteiger partial charge in [0.1, 0.15) is 0 Å². The van der Waals surface area contributed by atoms with Crippen LogP contribution in [-0.2, 0) is 16.0 Å².